The topological polar surface area (TPSA) is 71.8 Å². The van der Waals surface area contributed by atoms with Gasteiger partial charge in [-0.1, -0.05) is 12.1 Å². The van der Waals surface area contributed by atoms with Gasteiger partial charge in [0.15, 0.2) is 0 Å². The Morgan fingerprint density at radius 2 is 2.10 bits per heavy atom. The summed E-state index contributed by atoms with van der Waals surface area (Å²) in [7, 11) is 0. The lowest BCUT2D eigenvalue weighted by Gasteiger charge is -2.22. The fraction of sp³-hybridized carbons (Fsp3) is 0.357. The van der Waals surface area contributed by atoms with Gasteiger partial charge < -0.3 is 10.6 Å². The minimum Gasteiger partial charge on any atom is -0.324 e. The first-order valence-corrected chi connectivity index (χ1v) is 6.80. The Morgan fingerprint density at radius 3 is 2.85 bits per heavy atom. The van der Waals surface area contributed by atoms with Crippen LogP contribution in [0.25, 0.3) is 5.69 Å². The van der Waals surface area contributed by atoms with E-state index in [1.54, 1.807) is 11.0 Å². The Hall–Kier alpha value is -2.21. The van der Waals surface area contributed by atoms with Crippen molar-refractivity contribution in [2.24, 2.45) is 5.92 Å². The van der Waals surface area contributed by atoms with Gasteiger partial charge in [0.05, 0.1) is 11.4 Å². The molecule has 2 heterocycles. The molecule has 1 aromatic carbocycles. The Labute approximate surface area is 117 Å². The van der Waals surface area contributed by atoms with Crippen LogP contribution >= 0.6 is 0 Å². The summed E-state index contributed by atoms with van der Waals surface area (Å²) in [5.74, 6) is 0.166. The highest BCUT2D eigenvalue weighted by molar-refractivity contribution is 5.94. The molecule has 0 atom stereocenters. The van der Waals surface area contributed by atoms with Gasteiger partial charge >= 0.3 is 0 Å². The van der Waals surface area contributed by atoms with Gasteiger partial charge in [-0.25, -0.2) is 9.67 Å². The third kappa shape index (κ3) is 2.70. The molecule has 6 heteroatoms. The predicted molar refractivity (Wildman–Crippen MR) is 75.6 cm³/mol. The van der Waals surface area contributed by atoms with Crippen LogP contribution in [0.1, 0.15) is 12.8 Å². The summed E-state index contributed by atoms with van der Waals surface area (Å²) >= 11 is 0. The summed E-state index contributed by atoms with van der Waals surface area (Å²) in [5, 5.41) is 10.4. The molecule has 20 heavy (non-hydrogen) atoms. The van der Waals surface area contributed by atoms with E-state index >= 15 is 0 Å². The molecule has 0 saturated carbocycles. The molecule has 0 unspecified atom stereocenters. The Bertz CT molecular complexity index is 575. The summed E-state index contributed by atoms with van der Waals surface area (Å²) in [4.78, 5) is 16.2. The number of carbonyl (C=O) groups excluding carboxylic acids is 1. The number of para-hydroxylation sites is 2. The first-order valence-electron chi connectivity index (χ1n) is 6.80. The van der Waals surface area contributed by atoms with Crippen molar-refractivity contribution in [3.8, 4) is 5.69 Å². The molecule has 1 fully saturated rings. The van der Waals surface area contributed by atoms with Crippen LogP contribution in [0.5, 0.6) is 0 Å². The van der Waals surface area contributed by atoms with Gasteiger partial charge in [-0.2, -0.15) is 5.10 Å². The summed E-state index contributed by atoms with van der Waals surface area (Å²) in [6.45, 7) is 1.81. The minimum absolute atomic E-state index is 0.0825. The van der Waals surface area contributed by atoms with Crippen LogP contribution in [0.15, 0.2) is 36.9 Å². The van der Waals surface area contributed by atoms with Crippen molar-refractivity contribution in [1.82, 2.24) is 20.1 Å². The SMILES string of the molecule is O=C(Nc1ccccc1-n1cncn1)C1CCNCC1. The van der Waals surface area contributed by atoms with Crippen LogP contribution in [0.2, 0.25) is 0 Å². The highest BCUT2D eigenvalue weighted by atomic mass is 16.1. The normalized spacial score (nSPS) is 16.0. The van der Waals surface area contributed by atoms with Gasteiger partial charge in [-0.15, -0.1) is 0 Å². The van der Waals surface area contributed by atoms with Gasteiger partial charge in [0.2, 0.25) is 5.91 Å². The van der Waals surface area contributed by atoms with E-state index in [1.165, 1.54) is 6.33 Å². The molecule has 0 aliphatic carbocycles. The van der Waals surface area contributed by atoms with Gasteiger partial charge in [-0.05, 0) is 38.1 Å². The van der Waals surface area contributed by atoms with Crippen molar-refractivity contribution in [3.63, 3.8) is 0 Å². The average molecular weight is 271 g/mol. The smallest absolute Gasteiger partial charge is 0.227 e. The van der Waals surface area contributed by atoms with E-state index in [0.29, 0.717) is 0 Å². The van der Waals surface area contributed by atoms with E-state index in [-0.39, 0.29) is 11.8 Å². The van der Waals surface area contributed by atoms with E-state index in [9.17, 15) is 4.79 Å². The summed E-state index contributed by atoms with van der Waals surface area (Å²) in [6.07, 6.45) is 4.87. The zero-order valence-corrected chi connectivity index (χ0v) is 11.1. The van der Waals surface area contributed by atoms with E-state index in [1.807, 2.05) is 24.3 Å². The molecular formula is C14H17N5O. The Kier molecular flexibility index (Phi) is 3.73. The van der Waals surface area contributed by atoms with E-state index in [0.717, 1.165) is 37.3 Å². The van der Waals surface area contributed by atoms with Gasteiger partial charge in [0, 0.05) is 5.92 Å². The third-order valence-electron chi connectivity index (χ3n) is 3.54. The molecule has 0 spiro atoms. The molecule has 1 amide bonds. The number of hydrogen-bond donors (Lipinski definition) is 2. The summed E-state index contributed by atoms with van der Waals surface area (Å²) in [6, 6.07) is 7.61. The highest BCUT2D eigenvalue weighted by Crippen LogP contribution is 2.21. The van der Waals surface area contributed by atoms with Crippen LogP contribution in [0.3, 0.4) is 0 Å². The number of carbonyl (C=O) groups is 1. The van der Waals surface area contributed by atoms with Crippen molar-refractivity contribution >= 4 is 11.6 Å². The van der Waals surface area contributed by atoms with Gasteiger partial charge in [0.1, 0.15) is 12.7 Å². The number of nitrogens with one attached hydrogen (secondary N) is 2. The summed E-state index contributed by atoms with van der Waals surface area (Å²) < 4.78 is 1.65. The lowest BCUT2D eigenvalue weighted by Crippen LogP contribution is -2.34. The maximum Gasteiger partial charge on any atom is 0.227 e. The zero-order valence-electron chi connectivity index (χ0n) is 11.1. The lowest BCUT2D eigenvalue weighted by atomic mass is 9.97. The van der Waals surface area contributed by atoms with Crippen molar-refractivity contribution in [2.45, 2.75) is 12.8 Å². The number of nitrogens with zero attached hydrogens (tertiary/aromatic N) is 3. The van der Waals surface area contributed by atoms with Crippen molar-refractivity contribution in [1.29, 1.82) is 0 Å². The molecule has 0 bridgehead atoms. The van der Waals surface area contributed by atoms with Crippen LogP contribution in [-0.4, -0.2) is 33.8 Å². The molecule has 3 rings (SSSR count). The maximum absolute atomic E-state index is 12.3. The first-order chi connectivity index (χ1) is 9.84. The van der Waals surface area contributed by atoms with E-state index in [4.69, 9.17) is 0 Å². The number of benzene rings is 1. The van der Waals surface area contributed by atoms with Crippen LogP contribution < -0.4 is 10.6 Å². The molecule has 1 saturated heterocycles. The number of anilines is 1. The number of aromatic nitrogens is 3. The second-order valence-corrected chi connectivity index (χ2v) is 4.87. The monoisotopic (exact) mass is 271 g/mol. The third-order valence-corrected chi connectivity index (χ3v) is 3.54. The predicted octanol–water partition coefficient (Wildman–Crippen LogP) is 1.21. The molecule has 1 aliphatic rings. The average Bonchev–Trinajstić information content (AvgIpc) is 3.03. The van der Waals surface area contributed by atoms with Crippen molar-refractivity contribution in [2.75, 3.05) is 18.4 Å². The highest BCUT2D eigenvalue weighted by Gasteiger charge is 2.21. The second-order valence-electron chi connectivity index (χ2n) is 4.87. The molecule has 1 aromatic heterocycles. The quantitative estimate of drug-likeness (QED) is 0.880. The standard InChI is InChI=1S/C14H17N5O/c20-14(11-5-7-15-8-6-11)18-12-3-1-2-4-13(12)19-10-16-9-17-19/h1-4,9-11,15H,5-8H2,(H,18,20). The van der Waals surface area contributed by atoms with Crippen molar-refractivity contribution in [3.05, 3.63) is 36.9 Å². The maximum atomic E-state index is 12.3. The Morgan fingerprint density at radius 1 is 1.30 bits per heavy atom. The van der Waals surface area contributed by atoms with Crippen LogP contribution in [0, 0.1) is 5.92 Å². The largest absolute Gasteiger partial charge is 0.324 e. The fourth-order valence-electron chi connectivity index (χ4n) is 2.43. The molecule has 1 aliphatic heterocycles. The molecule has 2 N–H and O–H groups in total. The minimum atomic E-state index is 0.0825. The number of rotatable bonds is 3. The number of hydrogen-bond acceptors (Lipinski definition) is 4. The summed E-state index contributed by atoms with van der Waals surface area (Å²) in [5.41, 5.74) is 1.59. The van der Waals surface area contributed by atoms with E-state index in [2.05, 4.69) is 20.7 Å². The van der Waals surface area contributed by atoms with Crippen LogP contribution in [-0.2, 0) is 4.79 Å². The van der Waals surface area contributed by atoms with Crippen LogP contribution in [0.4, 0.5) is 5.69 Å². The van der Waals surface area contributed by atoms with Gasteiger partial charge in [-0.3, -0.25) is 4.79 Å². The first kappa shape index (κ1) is 12.8. The number of piperidine rings is 1. The zero-order chi connectivity index (χ0) is 13.8. The van der Waals surface area contributed by atoms with Gasteiger partial charge in [0.25, 0.3) is 0 Å². The second kappa shape index (κ2) is 5.83. The lowest BCUT2D eigenvalue weighted by molar-refractivity contribution is -0.120. The Balaban J connectivity index is 1.79. The fourth-order valence-corrected chi connectivity index (χ4v) is 2.43. The van der Waals surface area contributed by atoms with Crippen molar-refractivity contribution < 1.29 is 4.79 Å². The molecule has 104 valence electrons. The molecule has 2 aromatic rings. The van der Waals surface area contributed by atoms with E-state index < -0.39 is 0 Å². The number of amides is 1. The molecule has 0 radical (unpaired) electrons. The molecule has 6 nitrogen and oxygen atoms in total. The molecular weight excluding hydrogens is 254 g/mol.